The average Bonchev–Trinajstić information content (AvgIpc) is 2.62. The third kappa shape index (κ3) is 3.01. The number of amides is 1. The van der Waals surface area contributed by atoms with Crippen molar-refractivity contribution in [2.45, 2.75) is 12.8 Å². The lowest BCUT2D eigenvalue weighted by Gasteiger charge is -2.23. The summed E-state index contributed by atoms with van der Waals surface area (Å²) >= 11 is 0. The highest BCUT2D eigenvalue weighted by Crippen LogP contribution is 2.18. The van der Waals surface area contributed by atoms with Crippen LogP contribution < -0.4 is 4.74 Å². The Morgan fingerprint density at radius 1 is 1.09 bits per heavy atom. The lowest BCUT2D eigenvalue weighted by Crippen LogP contribution is -2.32. The second-order valence-electron chi connectivity index (χ2n) is 5.17. The van der Waals surface area contributed by atoms with Gasteiger partial charge in [0.25, 0.3) is 5.91 Å². The smallest absolute Gasteiger partial charge is 0.273 e. The molecule has 2 aromatic rings. The van der Waals surface area contributed by atoms with Crippen LogP contribution in [0.15, 0.2) is 59.7 Å². The predicted octanol–water partition coefficient (Wildman–Crippen LogP) is 3.34. The number of carbonyl (C=O) groups is 1. The van der Waals surface area contributed by atoms with E-state index in [4.69, 9.17) is 4.74 Å². The standard InChI is InChI=1S/C18H18N2O2/c1-22-16-11-9-14(10-12-16)17-8-5-13-20(19-17)18(21)15-6-3-2-4-7-15/h2-4,6-7,9-12H,5,8,13H2,1H3. The van der Waals surface area contributed by atoms with Crippen molar-refractivity contribution in [2.24, 2.45) is 5.10 Å². The largest absolute Gasteiger partial charge is 0.497 e. The van der Waals surface area contributed by atoms with Crippen molar-refractivity contribution in [3.8, 4) is 5.75 Å². The molecular formula is C18H18N2O2. The third-order valence-electron chi connectivity index (χ3n) is 3.70. The van der Waals surface area contributed by atoms with E-state index in [0.717, 1.165) is 29.9 Å². The SMILES string of the molecule is COc1ccc(C2=NN(C(=O)c3ccccc3)CCC2)cc1. The average molecular weight is 294 g/mol. The van der Waals surface area contributed by atoms with Crippen molar-refractivity contribution in [2.75, 3.05) is 13.7 Å². The van der Waals surface area contributed by atoms with Crippen LogP contribution in [0, 0.1) is 0 Å². The lowest BCUT2D eigenvalue weighted by molar-refractivity contribution is 0.0751. The zero-order valence-corrected chi connectivity index (χ0v) is 12.5. The number of rotatable bonds is 3. The highest BCUT2D eigenvalue weighted by molar-refractivity contribution is 6.03. The van der Waals surface area contributed by atoms with E-state index in [0.29, 0.717) is 12.1 Å². The van der Waals surface area contributed by atoms with Crippen LogP contribution in [-0.2, 0) is 0 Å². The van der Waals surface area contributed by atoms with Gasteiger partial charge >= 0.3 is 0 Å². The Labute approximate surface area is 130 Å². The Hall–Kier alpha value is -2.62. The van der Waals surface area contributed by atoms with Gasteiger partial charge in [-0.15, -0.1) is 0 Å². The summed E-state index contributed by atoms with van der Waals surface area (Å²) in [6.07, 6.45) is 1.80. The van der Waals surface area contributed by atoms with Crippen molar-refractivity contribution in [1.29, 1.82) is 0 Å². The first-order chi connectivity index (χ1) is 10.8. The third-order valence-corrected chi connectivity index (χ3v) is 3.70. The summed E-state index contributed by atoms with van der Waals surface area (Å²) < 4.78 is 5.17. The van der Waals surface area contributed by atoms with Crippen LogP contribution in [0.1, 0.15) is 28.8 Å². The first kappa shape index (κ1) is 14.3. The number of hydrazone groups is 1. The fraction of sp³-hybridized carbons (Fsp3) is 0.222. The van der Waals surface area contributed by atoms with Crippen LogP contribution in [0.5, 0.6) is 5.75 Å². The van der Waals surface area contributed by atoms with Gasteiger partial charge in [0.2, 0.25) is 0 Å². The Kier molecular flexibility index (Phi) is 4.19. The van der Waals surface area contributed by atoms with E-state index in [-0.39, 0.29) is 5.91 Å². The first-order valence-corrected chi connectivity index (χ1v) is 7.37. The zero-order valence-electron chi connectivity index (χ0n) is 12.5. The van der Waals surface area contributed by atoms with E-state index < -0.39 is 0 Å². The number of carbonyl (C=O) groups excluding carboxylic acids is 1. The molecule has 2 aromatic carbocycles. The van der Waals surface area contributed by atoms with E-state index in [1.54, 1.807) is 12.1 Å². The summed E-state index contributed by atoms with van der Waals surface area (Å²) in [5.41, 5.74) is 2.65. The molecule has 0 atom stereocenters. The van der Waals surface area contributed by atoms with Gasteiger partial charge < -0.3 is 4.74 Å². The molecule has 1 aliphatic heterocycles. The van der Waals surface area contributed by atoms with Gasteiger partial charge in [-0.1, -0.05) is 18.2 Å². The Morgan fingerprint density at radius 3 is 2.50 bits per heavy atom. The molecule has 0 radical (unpaired) electrons. The lowest BCUT2D eigenvalue weighted by atomic mass is 10.0. The molecule has 0 N–H and O–H groups in total. The number of nitrogens with zero attached hydrogens (tertiary/aromatic N) is 2. The summed E-state index contributed by atoms with van der Waals surface area (Å²) in [4.78, 5) is 12.5. The van der Waals surface area contributed by atoms with E-state index in [1.807, 2.05) is 54.6 Å². The minimum atomic E-state index is -0.0497. The van der Waals surface area contributed by atoms with Crippen molar-refractivity contribution < 1.29 is 9.53 Å². The topological polar surface area (TPSA) is 41.9 Å². The van der Waals surface area contributed by atoms with E-state index in [2.05, 4.69) is 5.10 Å². The summed E-state index contributed by atoms with van der Waals surface area (Å²) in [7, 11) is 1.65. The predicted molar refractivity (Wildman–Crippen MR) is 86.2 cm³/mol. The number of hydrogen-bond acceptors (Lipinski definition) is 3. The molecule has 3 rings (SSSR count). The van der Waals surface area contributed by atoms with Crippen molar-refractivity contribution in [1.82, 2.24) is 5.01 Å². The fourth-order valence-corrected chi connectivity index (χ4v) is 2.50. The summed E-state index contributed by atoms with van der Waals surface area (Å²) in [6, 6.07) is 17.1. The molecule has 0 saturated carbocycles. The summed E-state index contributed by atoms with van der Waals surface area (Å²) in [5.74, 6) is 0.767. The van der Waals surface area contributed by atoms with Gasteiger partial charge in [0.15, 0.2) is 0 Å². The van der Waals surface area contributed by atoms with Crippen molar-refractivity contribution in [3.63, 3.8) is 0 Å². The molecule has 4 heteroatoms. The maximum atomic E-state index is 12.5. The molecule has 0 aromatic heterocycles. The van der Waals surface area contributed by atoms with E-state index in [9.17, 15) is 4.79 Å². The molecule has 0 bridgehead atoms. The van der Waals surface area contributed by atoms with Gasteiger partial charge in [0, 0.05) is 12.1 Å². The molecular weight excluding hydrogens is 276 g/mol. The van der Waals surface area contributed by atoms with Crippen LogP contribution in [0.3, 0.4) is 0 Å². The second kappa shape index (κ2) is 6.43. The van der Waals surface area contributed by atoms with Gasteiger partial charge in [0.05, 0.1) is 12.8 Å². The number of benzene rings is 2. The Morgan fingerprint density at radius 2 is 1.82 bits per heavy atom. The number of hydrogen-bond donors (Lipinski definition) is 0. The molecule has 1 aliphatic rings. The second-order valence-corrected chi connectivity index (χ2v) is 5.17. The highest BCUT2D eigenvalue weighted by atomic mass is 16.5. The first-order valence-electron chi connectivity index (χ1n) is 7.37. The van der Waals surface area contributed by atoms with Gasteiger partial charge in [0.1, 0.15) is 5.75 Å². The number of ether oxygens (including phenoxy) is 1. The van der Waals surface area contributed by atoms with Crippen molar-refractivity contribution >= 4 is 11.6 Å². The highest BCUT2D eigenvalue weighted by Gasteiger charge is 2.20. The fourth-order valence-electron chi connectivity index (χ4n) is 2.50. The van der Waals surface area contributed by atoms with Crippen LogP contribution in [0.25, 0.3) is 0 Å². The molecule has 0 spiro atoms. The molecule has 112 valence electrons. The maximum Gasteiger partial charge on any atom is 0.273 e. The molecule has 1 heterocycles. The molecule has 0 unspecified atom stereocenters. The van der Waals surface area contributed by atoms with Gasteiger partial charge in [-0.3, -0.25) is 4.79 Å². The van der Waals surface area contributed by atoms with Crippen molar-refractivity contribution in [3.05, 3.63) is 65.7 Å². The minimum absolute atomic E-state index is 0.0497. The molecule has 4 nitrogen and oxygen atoms in total. The molecule has 0 fully saturated rings. The number of methoxy groups -OCH3 is 1. The molecule has 0 saturated heterocycles. The monoisotopic (exact) mass is 294 g/mol. The van der Waals surface area contributed by atoms with Crippen LogP contribution in [0.4, 0.5) is 0 Å². The summed E-state index contributed by atoms with van der Waals surface area (Å²) in [6.45, 7) is 0.660. The quantitative estimate of drug-likeness (QED) is 0.871. The minimum Gasteiger partial charge on any atom is -0.497 e. The van der Waals surface area contributed by atoms with Crippen LogP contribution >= 0.6 is 0 Å². The van der Waals surface area contributed by atoms with Crippen LogP contribution in [-0.4, -0.2) is 30.3 Å². The Bertz CT molecular complexity index is 678. The molecule has 1 amide bonds. The van der Waals surface area contributed by atoms with Gasteiger partial charge in [-0.2, -0.15) is 5.10 Å². The summed E-state index contributed by atoms with van der Waals surface area (Å²) in [5, 5.41) is 6.11. The van der Waals surface area contributed by atoms with Gasteiger partial charge in [-0.05, 0) is 54.8 Å². The van der Waals surface area contributed by atoms with Crippen LogP contribution in [0.2, 0.25) is 0 Å². The van der Waals surface area contributed by atoms with E-state index >= 15 is 0 Å². The molecule has 22 heavy (non-hydrogen) atoms. The Balaban J connectivity index is 1.83. The molecule has 0 aliphatic carbocycles. The zero-order chi connectivity index (χ0) is 15.4. The normalized spacial score (nSPS) is 14.4. The van der Waals surface area contributed by atoms with E-state index in [1.165, 1.54) is 0 Å². The maximum absolute atomic E-state index is 12.5. The van der Waals surface area contributed by atoms with Gasteiger partial charge in [-0.25, -0.2) is 5.01 Å².